The highest BCUT2D eigenvalue weighted by Gasteiger charge is 2.34. The molecule has 0 aliphatic carbocycles. The van der Waals surface area contributed by atoms with E-state index in [1.54, 1.807) is 0 Å². The van der Waals surface area contributed by atoms with E-state index in [0.717, 1.165) is 18.3 Å². The monoisotopic (exact) mass is 341 g/mol. The molecule has 0 saturated heterocycles. The van der Waals surface area contributed by atoms with Gasteiger partial charge in [-0.1, -0.05) is 6.07 Å². The molecule has 0 fully saturated rings. The van der Waals surface area contributed by atoms with Gasteiger partial charge in [-0.2, -0.15) is 13.2 Å². The molecule has 0 saturated carbocycles. The smallest absolute Gasteiger partial charge is 0.324 e. The Hall–Kier alpha value is -3.17. The molecule has 7 nitrogen and oxygen atoms in total. The fraction of sp³-hybridized carbons (Fsp3) is 0.143. The van der Waals surface area contributed by atoms with Crippen molar-refractivity contribution in [3.05, 3.63) is 68.6 Å². The number of hydrogen-bond acceptors (Lipinski definition) is 4. The lowest BCUT2D eigenvalue weighted by molar-refractivity contribution is -0.384. The van der Waals surface area contributed by atoms with Crippen LogP contribution >= 0.6 is 0 Å². The first-order valence-electron chi connectivity index (χ1n) is 6.49. The average molecular weight is 341 g/mol. The minimum absolute atomic E-state index is 0.0919. The maximum Gasteiger partial charge on any atom is 0.421 e. The molecule has 24 heavy (non-hydrogen) atoms. The van der Waals surface area contributed by atoms with Crippen LogP contribution in [0, 0.1) is 10.1 Å². The Labute approximate surface area is 132 Å². The van der Waals surface area contributed by atoms with Crippen LogP contribution in [-0.4, -0.2) is 15.4 Å². The van der Waals surface area contributed by atoms with Gasteiger partial charge in [0, 0.05) is 24.0 Å². The second-order valence-electron chi connectivity index (χ2n) is 4.71. The first-order chi connectivity index (χ1) is 11.2. The summed E-state index contributed by atoms with van der Waals surface area (Å²) in [6.45, 7) is -0.661. The van der Waals surface area contributed by atoms with Crippen molar-refractivity contribution in [3.63, 3.8) is 0 Å². The molecule has 0 aliphatic heterocycles. The minimum Gasteiger partial charge on any atom is -0.324 e. The highest BCUT2D eigenvalue weighted by atomic mass is 19.4. The standard InChI is InChI=1S/C14H10F3N3O4/c15-14(16,17)11-5-2-6-19(13(11)22)8-12(21)18-9-3-1-4-10(7-9)20(23)24/h1-7H,8H2,(H,18,21). The number of carbonyl (C=O) groups excluding carboxylic acids is 1. The number of hydrogen-bond donors (Lipinski definition) is 1. The summed E-state index contributed by atoms with van der Waals surface area (Å²) in [6.07, 6.45) is -3.78. The fourth-order valence-corrected chi connectivity index (χ4v) is 1.93. The molecule has 0 radical (unpaired) electrons. The van der Waals surface area contributed by atoms with Crippen molar-refractivity contribution < 1.29 is 22.9 Å². The lowest BCUT2D eigenvalue weighted by Gasteiger charge is -2.10. The molecular weight excluding hydrogens is 331 g/mol. The topological polar surface area (TPSA) is 94.2 Å². The van der Waals surface area contributed by atoms with Crippen molar-refractivity contribution in [2.45, 2.75) is 12.7 Å². The number of amides is 1. The molecular formula is C14H10F3N3O4. The van der Waals surface area contributed by atoms with Gasteiger partial charge in [0.15, 0.2) is 0 Å². The SMILES string of the molecule is O=C(Cn1cccc(C(F)(F)F)c1=O)Nc1cccc([N+](=O)[O-])c1. The van der Waals surface area contributed by atoms with Gasteiger partial charge in [-0.25, -0.2) is 0 Å². The third kappa shape index (κ3) is 3.97. The van der Waals surface area contributed by atoms with Crippen LogP contribution in [0.3, 0.4) is 0 Å². The normalized spacial score (nSPS) is 11.1. The van der Waals surface area contributed by atoms with Gasteiger partial charge < -0.3 is 9.88 Å². The van der Waals surface area contributed by atoms with E-state index in [1.807, 2.05) is 0 Å². The summed E-state index contributed by atoms with van der Waals surface area (Å²) >= 11 is 0. The van der Waals surface area contributed by atoms with Gasteiger partial charge in [0.1, 0.15) is 12.1 Å². The summed E-state index contributed by atoms with van der Waals surface area (Å²) in [5.74, 6) is -0.795. The van der Waals surface area contributed by atoms with Gasteiger partial charge >= 0.3 is 6.18 Å². The van der Waals surface area contributed by atoms with E-state index in [0.29, 0.717) is 10.6 Å². The molecule has 0 spiro atoms. The summed E-state index contributed by atoms with van der Waals surface area (Å²) in [7, 11) is 0. The second kappa shape index (κ2) is 6.52. The van der Waals surface area contributed by atoms with E-state index in [2.05, 4.69) is 5.32 Å². The largest absolute Gasteiger partial charge is 0.421 e. The first-order valence-corrected chi connectivity index (χ1v) is 6.49. The van der Waals surface area contributed by atoms with E-state index in [1.165, 1.54) is 18.2 Å². The summed E-state index contributed by atoms with van der Waals surface area (Å²) in [4.78, 5) is 33.6. The van der Waals surface area contributed by atoms with Gasteiger partial charge in [0.25, 0.3) is 11.2 Å². The van der Waals surface area contributed by atoms with Crippen LogP contribution in [0.4, 0.5) is 24.5 Å². The summed E-state index contributed by atoms with van der Waals surface area (Å²) in [5.41, 5.74) is -2.90. The number of nitrogens with zero attached hydrogens (tertiary/aromatic N) is 2. The van der Waals surface area contributed by atoms with Crippen LogP contribution in [0.5, 0.6) is 0 Å². The van der Waals surface area contributed by atoms with Crippen LogP contribution < -0.4 is 10.9 Å². The zero-order valence-electron chi connectivity index (χ0n) is 11.9. The number of nitro benzene ring substituents is 1. The molecule has 1 N–H and O–H groups in total. The van der Waals surface area contributed by atoms with Gasteiger partial charge in [0.05, 0.1) is 4.92 Å². The predicted octanol–water partition coefficient (Wildman–Crippen LogP) is 2.41. The number of benzene rings is 1. The van der Waals surface area contributed by atoms with Gasteiger partial charge in [-0.05, 0) is 18.2 Å². The quantitative estimate of drug-likeness (QED) is 0.682. The number of pyridine rings is 1. The summed E-state index contributed by atoms with van der Waals surface area (Å²) in [5, 5.41) is 12.9. The summed E-state index contributed by atoms with van der Waals surface area (Å²) in [6, 6.07) is 6.64. The number of anilines is 1. The van der Waals surface area contributed by atoms with Gasteiger partial charge in [-0.15, -0.1) is 0 Å². The van der Waals surface area contributed by atoms with Gasteiger partial charge in [0.2, 0.25) is 5.91 Å². The van der Waals surface area contributed by atoms with Crippen molar-refractivity contribution in [2.75, 3.05) is 5.32 Å². The molecule has 2 aromatic rings. The lowest BCUT2D eigenvalue weighted by atomic mass is 10.2. The Bertz CT molecular complexity index is 846. The number of aromatic nitrogens is 1. The van der Waals surface area contributed by atoms with E-state index in [4.69, 9.17) is 0 Å². The van der Waals surface area contributed by atoms with Crippen LogP contribution in [0.1, 0.15) is 5.56 Å². The molecule has 1 amide bonds. The fourth-order valence-electron chi connectivity index (χ4n) is 1.93. The maximum atomic E-state index is 12.7. The highest BCUT2D eigenvalue weighted by Crippen LogP contribution is 2.26. The molecule has 1 aromatic heterocycles. The Balaban J connectivity index is 2.18. The number of non-ortho nitro benzene ring substituents is 1. The number of halogens is 3. The molecule has 0 unspecified atom stereocenters. The van der Waals surface area contributed by atoms with Crippen LogP contribution in [0.25, 0.3) is 0 Å². The predicted molar refractivity (Wildman–Crippen MR) is 77.4 cm³/mol. The van der Waals surface area contributed by atoms with E-state index in [-0.39, 0.29) is 11.4 Å². The van der Waals surface area contributed by atoms with Crippen molar-refractivity contribution in [3.8, 4) is 0 Å². The van der Waals surface area contributed by atoms with Crippen molar-refractivity contribution in [1.82, 2.24) is 4.57 Å². The molecule has 2 rings (SSSR count). The molecule has 1 heterocycles. The molecule has 1 aromatic carbocycles. The second-order valence-corrected chi connectivity index (χ2v) is 4.71. The summed E-state index contributed by atoms with van der Waals surface area (Å²) < 4.78 is 38.6. The number of nitrogens with one attached hydrogen (secondary N) is 1. The van der Waals surface area contributed by atoms with E-state index >= 15 is 0 Å². The zero-order chi connectivity index (χ0) is 17.9. The molecule has 0 bridgehead atoms. The minimum atomic E-state index is -4.82. The number of alkyl halides is 3. The van der Waals surface area contributed by atoms with Crippen LogP contribution in [0.2, 0.25) is 0 Å². The number of rotatable bonds is 4. The third-order valence-corrected chi connectivity index (χ3v) is 2.98. The lowest BCUT2D eigenvalue weighted by Crippen LogP contribution is -2.31. The Kier molecular flexibility index (Phi) is 4.67. The van der Waals surface area contributed by atoms with Crippen molar-refractivity contribution in [1.29, 1.82) is 0 Å². The molecule has 0 atom stereocenters. The molecule has 126 valence electrons. The molecule has 10 heteroatoms. The van der Waals surface area contributed by atoms with Crippen LogP contribution in [0.15, 0.2) is 47.4 Å². The Morgan fingerprint density at radius 1 is 1.25 bits per heavy atom. The van der Waals surface area contributed by atoms with E-state index < -0.39 is 34.7 Å². The number of nitro groups is 1. The number of carbonyl (C=O) groups is 1. The maximum absolute atomic E-state index is 12.7. The zero-order valence-corrected chi connectivity index (χ0v) is 11.9. The van der Waals surface area contributed by atoms with Crippen molar-refractivity contribution in [2.24, 2.45) is 0 Å². The van der Waals surface area contributed by atoms with Crippen LogP contribution in [-0.2, 0) is 17.5 Å². The van der Waals surface area contributed by atoms with E-state index in [9.17, 15) is 32.9 Å². The Morgan fingerprint density at radius 3 is 2.58 bits per heavy atom. The molecule has 0 aliphatic rings. The first kappa shape index (κ1) is 17.2. The third-order valence-electron chi connectivity index (χ3n) is 2.98. The highest BCUT2D eigenvalue weighted by molar-refractivity contribution is 5.90. The Morgan fingerprint density at radius 2 is 1.96 bits per heavy atom. The average Bonchev–Trinajstić information content (AvgIpc) is 2.48. The van der Waals surface area contributed by atoms with Gasteiger partial charge in [-0.3, -0.25) is 19.7 Å². The van der Waals surface area contributed by atoms with Crippen molar-refractivity contribution >= 4 is 17.3 Å².